The van der Waals surface area contributed by atoms with E-state index in [1.54, 1.807) is 0 Å². The van der Waals surface area contributed by atoms with Crippen LogP contribution in [0.1, 0.15) is 48.0 Å². The third-order valence-electron chi connectivity index (χ3n) is 2.48. The molecule has 0 saturated heterocycles. The summed E-state index contributed by atoms with van der Waals surface area (Å²) in [5.74, 6) is -0.205. The average molecular weight is 245 g/mol. The van der Waals surface area contributed by atoms with E-state index in [2.05, 4.69) is 0 Å². The van der Waals surface area contributed by atoms with E-state index in [1.807, 2.05) is 46.4 Å². The van der Waals surface area contributed by atoms with Crippen molar-refractivity contribution in [2.24, 2.45) is 0 Å². The van der Waals surface area contributed by atoms with Crippen LogP contribution in [0.3, 0.4) is 0 Å². The van der Waals surface area contributed by atoms with Gasteiger partial charge in [0.05, 0.1) is 0 Å². The molecule has 0 rings (SSSR count). The van der Waals surface area contributed by atoms with Crippen LogP contribution in [-0.4, -0.2) is 46.8 Å². The largest absolute Gasteiger partial charge is 0.459 e. The van der Waals surface area contributed by atoms with Crippen LogP contribution >= 0.6 is 0 Å². The molecule has 0 saturated carbocycles. The molecule has 102 valence electrons. The van der Waals surface area contributed by atoms with E-state index in [1.165, 1.54) is 0 Å². The molecule has 0 aromatic rings. The van der Waals surface area contributed by atoms with Gasteiger partial charge in [0.2, 0.25) is 0 Å². The molecule has 0 spiro atoms. The van der Waals surface area contributed by atoms with E-state index in [-0.39, 0.29) is 24.7 Å². The maximum absolute atomic E-state index is 11.9. The fourth-order valence-electron chi connectivity index (χ4n) is 1.67. The minimum atomic E-state index is -0.453. The van der Waals surface area contributed by atoms with Crippen molar-refractivity contribution < 1.29 is 14.6 Å². The predicted octanol–water partition coefficient (Wildman–Crippen LogP) is 1.81. The fraction of sp³-hybridized carbons (Fsp3) is 0.923. The first-order valence-corrected chi connectivity index (χ1v) is 6.28. The number of carbonyl (C=O) groups excluding carboxylic acids is 1. The SMILES string of the molecule is CC(C)N(CCCO)C(C)C(=O)OC(C)(C)C. The molecule has 0 aromatic carbocycles. The molecule has 0 radical (unpaired) electrons. The van der Waals surface area contributed by atoms with E-state index in [4.69, 9.17) is 9.84 Å². The Balaban J connectivity index is 4.49. The fourth-order valence-corrected chi connectivity index (χ4v) is 1.67. The highest BCUT2D eigenvalue weighted by atomic mass is 16.6. The smallest absolute Gasteiger partial charge is 0.323 e. The van der Waals surface area contributed by atoms with Gasteiger partial charge in [-0.15, -0.1) is 0 Å². The van der Waals surface area contributed by atoms with Gasteiger partial charge in [-0.3, -0.25) is 9.69 Å². The number of hydrogen-bond donors (Lipinski definition) is 1. The standard InChI is InChI=1S/C13H27NO3/c1-10(2)14(8-7-9-15)11(3)12(16)17-13(4,5)6/h10-11,15H,7-9H2,1-6H3. The van der Waals surface area contributed by atoms with Crippen molar-refractivity contribution in [1.29, 1.82) is 0 Å². The van der Waals surface area contributed by atoms with Gasteiger partial charge in [0, 0.05) is 19.2 Å². The van der Waals surface area contributed by atoms with E-state index < -0.39 is 5.60 Å². The van der Waals surface area contributed by atoms with Gasteiger partial charge < -0.3 is 9.84 Å². The van der Waals surface area contributed by atoms with Gasteiger partial charge in [0.25, 0.3) is 0 Å². The minimum Gasteiger partial charge on any atom is -0.459 e. The molecule has 0 fully saturated rings. The summed E-state index contributed by atoms with van der Waals surface area (Å²) in [6.45, 7) is 12.4. The Kier molecular flexibility index (Phi) is 6.72. The zero-order valence-corrected chi connectivity index (χ0v) is 12.0. The van der Waals surface area contributed by atoms with Gasteiger partial charge >= 0.3 is 5.97 Å². The monoisotopic (exact) mass is 245 g/mol. The van der Waals surface area contributed by atoms with Crippen molar-refractivity contribution in [2.75, 3.05) is 13.2 Å². The Labute approximate surface area is 105 Å². The lowest BCUT2D eigenvalue weighted by atomic mass is 10.1. The summed E-state index contributed by atoms with van der Waals surface area (Å²) >= 11 is 0. The van der Waals surface area contributed by atoms with Crippen LogP contribution in [0, 0.1) is 0 Å². The molecule has 0 bridgehead atoms. The number of aliphatic hydroxyl groups excluding tert-OH is 1. The highest BCUT2D eigenvalue weighted by molar-refractivity contribution is 5.75. The predicted molar refractivity (Wildman–Crippen MR) is 68.9 cm³/mol. The van der Waals surface area contributed by atoms with E-state index in [9.17, 15) is 4.79 Å². The average Bonchev–Trinajstić information content (AvgIpc) is 2.14. The summed E-state index contributed by atoms with van der Waals surface area (Å²) in [6.07, 6.45) is 0.672. The van der Waals surface area contributed by atoms with Gasteiger partial charge in [-0.05, 0) is 48.0 Å². The summed E-state index contributed by atoms with van der Waals surface area (Å²) in [7, 11) is 0. The molecule has 0 heterocycles. The van der Waals surface area contributed by atoms with Crippen LogP contribution in [0.25, 0.3) is 0 Å². The molecular weight excluding hydrogens is 218 g/mol. The zero-order valence-electron chi connectivity index (χ0n) is 12.0. The normalized spacial score (nSPS) is 14.2. The van der Waals surface area contributed by atoms with Crippen molar-refractivity contribution in [3.8, 4) is 0 Å². The molecule has 1 N–H and O–H groups in total. The number of carbonyl (C=O) groups is 1. The Hall–Kier alpha value is -0.610. The van der Waals surface area contributed by atoms with E-state index >= 15 is 0 Å². The van der Waals surface area contributed by atoms with E-state index in [0.29, 0.717) is 13.0 Å². The van der Waals surface area contributed by atoms with E-state index in [0.717, 1.165) is 0 Å². The number of hydrogen-bond acceptors (Lipinski definition) is 4. The van der Waals surface area contributed by atoms with Crippen molar-refractivity contribution in [2.45, 2.75) is 65.6 Å². The molecule has 0 aromatic heterocycles. The second-order valence-corrected chi connectivity index (χ2v) is 5.62. The molecule has 1 unspecified atom stereocenters. The molecule has 0 aliphatic rings. The maximum atomic E-state index is 11.9. The van der Waals surface area contributed by atoms with Crippen molar-refractivity contribution in [3.05, 3.63) is 0 Å². The molecule has 4 nitrogen and oxygen atoms in total. The lowest BCUT2D eigenvalue weighted by Crippen LogP contribution is -2.46. The van der Waals surface area contributed by atoms with Crippen LogP contribution in [-0.2, 0) is 9.53 Å². The molecule has 0 amide bonds. The summed E-state index contributed by atoms with van der Waals surface area (Å²) in [4.78, 5) is 14.0. The number of nitrogens with zero attached hydrogens (tertiary/aromatic N) is 1. The van der Waals surface area contributed by atoms with Crippen LogP contribution < -0.4 is 0 Å². The molecule has 17 heavy (non-hydrogen) atoms. The summed E-state index contributed by atoms with van der Waals surface area (Å²) in [6, 6.07) is -0.0233. The Morgan fingerprint density at radius 2 is 1.82 bits per heavy atom. The van der Waals surface area contributed by atoms with Gasteiger partial charge in [0.15, 0.2) is 0 Å². The second-order valence-electron chi connectivity index (χ2n) is 5.62. The molecule has 0 aliphatic heterocycles. The molecule has 0 aliphatic carbocycles. The Morgan fingerprint density at radius 1 is 1.29 bits per heavy atom. The summed E-state index contributed by atoms with van der Waals surface area (Å²) in [5, 5.41) is 8.86. The number of aliphatic hydroxyl groups is 1. The third kappa shape index (κ3) is 6.64. The van der Waals surface area contributed by atoms with Crippen molar-refractivity contribution in [3.63, 3.8) is 0 Å². The van der Waals surface area contributed by atoms with Crippen LogP contribution in [0.2, 0.25) is 0 Å². The molecule has 4 heteroatoms. The lowest BCUT2D eigenvalue weighted by Gasteiger charge is -2.33. The topological polar surface area (TPSA) is 49.8 Å². The lowest BCUT2D eigenvalue weighted by molar-refractivity contribution is -0.161. The Morgan fingerprint density at radius 3 is 2.18 bits per heavy atom. The quantitative estimate of drug-likeness (QED) is 0.725. The maximum Gasteiger partial charge on any atom is 0.323 e. The summed E-state index contributed by atoms with van der Waals surface area (Å²) < 4.78 is 5.37. The number of ether oxygens (including phenoxy) is 1. The van der Waals surface area contributed by atoms with Crippen LogP contribution in [0.5, 0.6) is 0 Å². The zero-order chi connectivity index (χ0) is 13.6. The van der Waals surface area contributed by atoms with Crippen molar-refractivity contribution >= 4 is 5.97 Å². The number of esters is 1. The van der Waals surface area contributed by atoms with Crippen molar-refractivity contribution in [1.82, 2.24) is 4.90 Å². The first kappa shape index (κ1) is 16.4. The minimum absolute atomic E-state index is 0.143. The van der Waals surface area contributed by atoms with Crippen LogP contribution in [0.15, 0.2) is 0 Å². The van der Waals surface area contributed by atoms with Gasteiger partial charge in [-0.2, -0.15) is 0 Å². The first-order valence-electron chi connectivity index (χ1n) is 6.28. The van der Waals surface area contributed by atoms with Gasteiger partial charge in [-0.1, -0.05) is 0 Å². The highest BCUT2D eigenvalue weighted by Crippen LogP contribution is 2.13. The van der Waals surface area contributed by atoms with Gasteiger partial charge in [-0.25, -0.2) is 0 Å². The molecular formula is C13H27NO3. The Bertz CT molecular complexity index is 233. The number of rotatable bonds is 6. The summed E-state index contributed by atoms with van der Waals surface area (Å²) in [5.41, 5.74) is -0.453. The first-order chi connectivity index (χ1) is 7.69. The molecule has 1 atom stereocenters. The third-order valence-corrected chi connectivity index (χ3v) is 2.48. The second kappa shape index (κ2) is 6.97. The highest BCUT2D eigenvalue weighted by Gasteiger charge is 2.27. The van der Waals surface area contributed by atoms with Gasteiger partial charge in [0.1, 0.15) is 11.6 Å². The van der Waals surface area contributed by atoms with Crippen LogP contribution in [0.4, 0.5) is 0 Å².